The highest BCUT2D eigenvalue weighted by Gasteiger charge is 2.51. The van der Waals surface area contributed by atoms with E-state index in [9.17, 15) is 48.8 Å². The summed E-state index contributed by atoms with van der Waals surface area (Å²) in [6.07, 6.45) is -17.2. The van der Waals surface area contributed by atoms with E-state index >= 15 is 0 Å². The molecule has 4 heterocycles. The summed E-state index contributed by atoms with van der Waals surface area (Å²) in [7, 11) is -11.2. The van der Waals surface area contributed by atoms with Crippen molar-refractivity contribution in [2.75, 3.05) is 18.9 Å². The molecule has 2 fully saturated rings. The summed E-state index contributed by atoms with van der Waals surface area (Å²) < 4.78 is 63.9. The van der Waals surface area contributed by atoms with Crippen molar-refractivity contribution in [3.05, 3.63) is 12.7 Å². The lowest BCUT2D eigenvalue weighted by molar-refractivity contribution is -0.292. The van der Waals surface area contributed by atoms with Gasteiger partial charge in [-0.15, -0.1) is 0 Å². The van der Waals surface area contributed by atoms with Crippen LogP contribution in [0.15, 0.2) is 12.7 Å². The van der Waals surface area contributed by atoms with Crippen molar-refractivity contribution in [3.63, 3.8) is 0 Å². The van der Waals surface area contributed by atoms with Crippen LogP contribution in [0.1, 0.15) is 6.23 Å². The van der Waals surface area contributed by atoms with E-state index in [1.165, 1.54) is 0 Å². The smallest absolute Gasteiger partial charge is 0.394 e. The number of phosphoric ester groups is 2. The van der Waals surface area contributed by atoms with Gasteiger partial charge >= 0.3 is 15.6 Å². The number of anilines is 1. The fourth-order valence-electron chi connectivity index (χ4n) is 3.98. The molecular weight excluding hydrogens is 595 g/mol. The van der Waals surface area contributed by atoms with Crippen molar-refractivity contribution in [1.29, 1.82) is 0 Å². The molecule has 2 aromatic heterocycles. The molecule has 0 spiro atoms. The van der Waals surface area contributed by atoms with E-state index in [4.69, 9.17) is 20.3 Å². The zero-order valence-electron chi connectivity index (χ0n) is 19.9. The lowest BCUT2D eigenvalue weighted by Gasteiger charge is -2.41. The largest absolute Gasteiger partial charge is 0.483 e. The molecule has 7 unspecified atom stereocenters. The Hall–Kier alpha value is -1.78. The Bertz CT molecular complexity index is 1290. The van der Waals surface area contributed by atoms with Crippen molar-refractivity contribution in [1.82, 2.24) is 19.5 Å². The van der Waals surface area contributed by atoms with Crippen LogP contribution in [0.3, 0.4) is 0 Å². The number of halogens is 1. The molecule has 0 aliphatic carbocycles. The van der Waals surface area contributed by atoms with Gasteiger partial charge in [0.2, 0.25) is 0 Å². The molecule has 0 saturated carbocycles. The van der Waals surface area contributed by atoms with Crippen LogP contribution >= 0.6 is 15.6 Å². The van der Waals surface area contributed by atoms with Crippen molar-refractivity contribution >= 4 is 32.6 Å². The Kier molecular flexibility index (Phi) is 9.22. The number of phosphoric acid groups is 2. The second kappa shape index (κ2) is 11.8. The molecule has 2 aliphatic rings. The Morgan fingerprint density at radius 1 is 1.05 bits per heavy atom. The van der Waals surface area contributed by atoms with Gasteiger partial charge in [-0.1, -0.05) is 0 Å². The van der Waals surface area contributed by atoms with E-state index in [1.54, 1.807) is 0 Å². The molecule has 2 aliphatic heterocycles. The van der Waals surface area contributed by atoms with Crippen LogP contribution in [0.5, 0.6) is 0 Å². The Morgan fingerprint density at radius 3 is 2.42 bits per heavy atom. The molecule has 12 atom stereocenters. The van der Waals surface area contributed by atoms with Crippen LogP contribution in [0.4, 0.5) is 10.2 Å². The van der Waals surface area contributed by atoms with Gasteiger partial charge in [0.15, 0.2) is 30.2 Å². The van der Waals surface area contributed by atoms with Crippen LogP contribution in [-0.2, 0) is 32.0 Å². The van der Waals surface area contributed by atoms with Gasteiger partial charge in [0.05, 0.1) is 19.5 Å². The van der Waals surface area contributed by atoms with Gasteiger partial charge in [0, 0.05) is 0 Å². The van der Waals surface area contributed by atoms with Crippen molar-refractivity contribution in [3.8, 4) is 0 Å². The predicted molar refractivity (Wildman–Crippen MR) is 122 cm³/mol. The minimum absolute atomic E-state index is 0.00105. The Morgan fingerprint density at radius 2 is 1.75 bits per heavy atom. The highest BCUT2D eigenvalue weighted by Crippen LogP contribution is 2.61. The number of ether oxygens (including phenoxy) is 2. The van der Waals surface area contributed by atoms with E-state index in [-0.39, 0.29) is 17.0 Å². The second-order valence-corrected chi connectivity index (χ2v) is 11.7. The Balaban J connectivity index is 1.38. The van der Waals surface area contributed by atoms with E-state index in [0.717, 1.165) is 17.2 Å². The number of imidazole rings is 1. The number of nitrogens with two attached hydrogens (primary N) is 1. The molecule has 0 amide bonds. The first-order valence-corrected chi connectivity index (χ1v) is 14.2. The number of rotatable bonds is 10. The zero-order valence-corrected chi connectivity index (χ0v) is 21.7. The van der Waals surface area contributed by atoms with Crippen molar-refractivity contribution in [2.24, 2.45) is 0 Å². The maximum Gasteiger partial charge on any atom is 0.483 e. The average molecular weight is 621 g/mol. The van der Waals surface area contributed by atoms with Crippen LogP contribution in [-0.4, -0.2) is 128 Å². The van der Waals surface area contributed by atoms with Gasteiger partial charge in [0.25, 0.3) is 0 Å². The van der Waals surface area contributed by atoms with Gasteiger partial charge in [-0.05, 0) is 0 Å². The maximum atomic E-state index is 14.8. The molecule has 23 heteroatoms. The van der Waals surface area contributed by atoms with Gasteiger partial charge in [-0.25, -0.2) is 28.5 Å². The first kappa shape index (κ1) is 31.2. The third-order valence-electron chi connectivity index (χ3n) is 5.97. The first-order valence-electron chi connectivity index (χ1n) is 11.2. The van der Waals surface area contributed by atoms with Gasteiger partial charge < -0.3 is 55.6 Å². The third kappa shape index (κ3) is 6.33. The third-order valence-corrected chi connectivity index (χ3v) is 8.57. The highest BCUT2D eigenvalue weighted by molar-refractivity contribution is 7.61. The van der Waals surface area contributed by atoms with Crippen LogP contribution in [0.2, 0.25) is 0 Å². The molecule has 2 aromatic rings. The van der Waals surface area contributed by atoms with Gasteiger partial charge in [0.1, 0.15) is 54.6 Å². The lowest BCUT2D eigenvalue weighted by Crippen LogP contribution is -2.61. The molecule has 0 radical (unpaired) electrons. The Labute approximate surface area is 222 Å². The van der Waals surface area contributed by atoms with E-state index in [0.29, 0.717) is 0 Å². The van der Waals surface area contributed by atoms with Crippen molar-refractivity contribution in [2.45, 2.75) is 61.4 Å². The van der Waals surface area contributed by atoms with E-state index in [1.807, 2.05) is 0 Å². The van der Waals surface area contributed by atoms with Gasteiger partial charge in [-0.3, -0.25) is 13.6 Å². The number of aliphatic hydroxyl groups is 6. The molecule has 2 saturated heterocycles. The highest BCUT2D eigenvalue weighted by atomic mass is 31.3. The first-order chi connectivity index (χ1) is 18.7. The second-order valence-electron chi connectivity index (χ2n) is 8.69. The molecule has 4 rings (SSSR count). The fourth-order valence-corrected chi connectivity index (χ4v) is 6.14. The summed E-state index contributed by atoms with van der Waals surface area (Å²) in [5.74, 6) is -0.00105. The summed E-state index contributed by atoms with van der Waals surface area (Å²) in [5, 5.41) is 58.8. The topological polar surface area (TPSA) is 312 Å². The number of aromatic nitrogens is 4. The van der Waals surface area contributed by atoms with E-state index < -0.39 is 90.3 Å². The molecule has 0 aromatic carbocycles. The summed E-state index contributed by atoms with van der Waals surface area (Å²) >= 11 is 0. The average Bonchev–Trinajstić information content (AvgIpc) is 3.43. The normalized spacial score (nSPS) is 36.8. The minimum atomic E-state index is -5.69. The standard InChI is InChI=1S/C17H26FN5O15P2/c18-7-6(35-16(9(7)26)23-4-22-8-14(19)20-3-21-15(8)23)2-34-39(30,31)38-40(32,33)37-17-12(29)10(27)11(28)13(36-17)5(25)1-24/h3-7,9-13,16-17,24-29H,1-2H2,(H,30,31)(H,32,33)(H2,19,20,21)/t5-,6-,7?,9?,10?,11+,12?,13?,16-,17+/m1/s1. The molecule has 10 N–H and O–H groups in total. The molecular formula is C17H26FN5O15P2. The minimum Gasteiger partial charge on any atom is -0.394 e. The van der Waals surface area contributed by atoms with Crippen molar-refractivity contribution < 1.29 is 76.8 Å². The maximum absolute atomic E-state index is 14.8. The SMILES string of the molecule is Nc1ncnc2c1ncn2[C@@H]1O[C@H](COP(=O)(O)OP(=O)(O)O[C@@H]2OC([C@H](O)CO)[C@@H](O)C(O)C2O)C(F)C1O. The number of aliphatic hydroxyl groups excluding tert-OH is 6. The summed E-state index contributed by atoms with van der Waals surface area (Å²) in [4.78, 5) is 31.5. The molecule has 0 bridgehead atoms. The number of alkyl halides is 1. The fraction of sp³-hybridized carbons (Fsp3) is 0.706. The zero-order chi connectivity index (χ0) is 29.6. The monoisotopic (exact) mass is 621 g/mol. The van der Waals surface area contributed by atoms with Gasteiger partial charge in [-0.2, -0.15) is 4.31 Å². The summed E-state index contributed by atoms with van der Waals surface area (Å²) in [6, 6.07) is 0. The van der Waals surface area contributed by atoms with E-state index in [2.05, 4.69) is 28.3 Å². The number of hydrogen-bond donors (Lipinski definition) is 9. The number of hydrogen-bond acceptors (Lipinski definition) is 17. The quantitative estimate of drug-likeness (QED) is 0.116. The van der Waals surface area contributed by atoms with Crippen LogP contribution in [0, 0.1) is 0 Å². The number of nitrogens with zero attached hydrogens (tertiary/aromatic N) is 4. The van der Waals surface area contributed by atoms with Crippen LogP contribution in [0.25, 0.3) is 11.2 Å². The number of nitrogen functional groups attached to an aromatic ring is 1. The van der Waals surface area contributed by atoms with Crippen LogP contribution < -0.4 is 5.73 Å². The summed E-state index contributed by atoms with van der Waals surface area (Å²) in [6.45, 7) is -2.08. The predicted octanol–water partition coefficient (Wildman–Crippen LogP) is -3.58. The molecule has 20 nitrogen and oxygen atoms in total. The lowest BCUT2D eigenvalue weighted by atomic mass is 9.96. The number of fused-ring (bicyclic) bond motifs is 1. The summed E-state index contributed by atoms with van der Waals surface area (Å²) in [5.41, 5.74) is 5.91. The molecule has 226 valence electrons. The molecule has 40 heavy (non-hydrogen) atoms.